The topological polar surface area (TPSA) is 80.0 Å². The monoisotopic (exact) mass is 178 g/mol. The molecule has 1 unspecified atom stereocenters. The minimum absolute atomic E-state index is 0.350. The summed E-state index contributed by atoms with van der Waals surface area (Å²) in [5.41, 5.74) is 5.98. The number of hydrogen-bond acceptors (Lipinski definition) is 4. The van der Waals surface area contributed by atoms with Gasteiger partial charge in [0.15, 0.2) is 0 Å². The molecule has 5 heteroatoms. The SMILES string of the molecule is NC(=O)C1CNc2ncccc2N1. The highest BCUT2D eigenvalue weighted by atomic mass is 16.1. The molecule has 5 nitrogen and oxygen atoms in total. The van der Waals surface area contributed by atoms with Crippen LogP contribution in [-0.2, 0) is 4.79 Å². The van der Waals surface area contributed by atoms with Gasteiger partial charge in [-0.3, -0.25) is 4.79 Å². The van der Waals surface area contributed by atoms with Gasteiger partial charge in [-0.2, -0.15) is 0 Å². The largest absolute Gasteiger partial charge is 0.369 e. The molecular weight excluding hydrogens is 168 g/mol. The highest BCUT2D eigenvalue weighted by Crippen LogP contribution is 2.22. The summed E-state index contributed by atoms with van der Waals surface area (Å²) in [6, 6.07) is 3.30. The van der Waals surface area contributed by atoms with Gasteiger partial charge in [-0.05, 0) is 12.1 Å². The molecule has 68 valence electrons. The molecule has 4 N–H and O–H groups in total. The van der Waals surface area contributed by atoms with Crippen LogP contribution in [0.5, 0.6) is 0 Å². The van der Waals surface area contributed by atoms with Gasteiger partial charge in [-0.25, -0.2) is 4.98 Å². The third kappa shape index (κ3) is 1.40. The molecule has 1 aliphatic rings. The molecule has 0 radical (unpaired) electrons. The Morgan fingerprint density at radius 1 is 1.69 bits per heavy atom. The van der Waals surface area contributed by atoms with E-state index in [-0.39, 0.29) is 11.9 Å². The Kier molecular flexibility index (Phi) is 1.77. The van der Waals surface area contributed by atoms with Crippen molar-refractivity contribution in [1.82, 2.24) is 4.98 Å². The minimum Gasteiger partial charge on any atom is -0.369 e. The Morgan fingerprint density at radius 2 is 2.54 bits per heavy atom. The zero-order valence-corrected chi connectivity index (χ0v) is 6.95. The first kappa shape index (κ1) is 7.85. The summed E-state index contributed by atoms with van der Waals surface area (Å²) in [4.78, 5) is 15.0. The molecule has 0 saturated carbocycles. The minimum atomic E-state index is -0.359. The number of nitrogens with one attached hydrogen (secondary N) is 2. The maximum atomic E-state index is 10.9. The maximum Gasteiger partial charge on any atom is 0.241 e. The van der Waals surface area contributed by atoms with Crippen molar-refractivity contribution in [2.45, 2.75) is 6.04 Å². The van der Waals surface area contributed by atoms with Gasteiger partial charge in [-0.1, -0.05) is 0 Å². The smallest absolute Gasteiger partial charge is 0.241 e. The van der Waals surface area contributed by atoms with Crippen LogP contribution in [0, 0.1) is 0 Å². The molecule has 0 aliphatic carbocycles. The van der Waals surface area contributed by atoms with Crippen LogP contribution in [0.4, 0.5) is 11.5 Å². The molecule has 2 rings (SSSR count). The van der Waals surface area contributed by atoms with E-state index >= 15 is 0 Å². The van der Waals surface area contributed by atoms with Gasteiger partial charge in [0.05, 0.1) is 5.69 Å². The molecule has 0 fully saturated rings. The van der Waals surface area contributed by atoms with Crippen molar-refractivity contribution in [1.29, 1.82) is 0 Å². The maximum absolute atomic E-state index is 10.9. The number of anilines is 2. The van der Waals surface area contributed by atoms with E-state index in [1.807, 2.05) is 6.07 Å². The Hall–Kier alpha value is -1.78. The van der Waals surface area contributed by atoms with Crippen LogP contribution in [0.15, 0.2) is 18.3 Å². The van der Waals surface area contributed by atoms with Gasteiger partial charge in [0, 0.05) is 12.7 Å². The third-order valence-electron chi connectivity index (χ3n) is 1.95. The van der Waals surface area contributed by atoms with Gasteiger partial charge >= 0.3 is 0 Å². The summed E-state index contributed by atoms with van der Waals surface area (Å²) >= 11 is 0. The average Bonchev–Trinajstić information content (AvgIpc) is 2.17. The van der Waals surface area contributed by atoms with E-state index < -0.39 is 0 Å². The van der Waals surface area contributed by atoms with Crippen LogP contribution in [0.3, 0.4) is 0 Å². The molecule has 0 bridgehead atoms. The van der Waals surface area contributed by atoms with E-state index in [0.29, 0.717) is 6.54 Å². The standard InChI is InChI=1S/C8H10N4O/c9-7(13)6-4-11-8-5(12-6)2-1-3-10-8/h1-3,6,12H,4H2,(H2,9,13)(H,10,11). The zero-order valence-electron chi connectivity index (χ0n) is 6.95. The summed E-state index contributed by atoms with van der Waals surface area (Å²) < 4.78 is 0. The predicted molar refractivity (Wildman–Crippen MR) is 49.3 cm³/mol. The van der Waals surface area contributed by atoms with E-state index in [9.17, 15) is 4.79 Å². The normalized spacial score (nSPS) is 19.5. The number of carbonyl (C=O) groups excluding carboxylic acids is 1. The Bertz CT molecular complexity index is 339. The van der Waals surface area contributed by atoms with Gasteiger partial charge in [0.25, 0.3) is 0 Å². The first-order chi connectivity index (χ1) is 6.27. The number of carbonyl (C=O) groups is 1. The second-order valence-electron chi connectivity index (χ2n) is 2.88. The van der Waals surface area contributed by atoms with Gasteiger partial charge in [0.1, 0.15) is 11.9 Å². The lowest BCUT2D eigenvalue weighted by molar-refractivity contribution is -0.118. The van der Waals surface area contributed by atoms with E-state index in [4.69, 9.17) is 5.73 Å². The summed E-state index contributed by atoms with van der Waals surface area (Å²) in [5, 5.41) is 6.02. The van der Waals surface area contributed by atoms with Crippen LogP contribution in [0.25, 0.3) is 0 Å². The number of hydrogen-bond donors (Lipinski definition) is 3. The highest BCUT2D eigenvalue weighted by Gasteiger charge is 2.21. The van der Waals surface area contributed by atoms with Crippen molar-refractivity contribution >= 4 is 17.4 Å². The first-order valence-corrected chi connectivity index (χ1v) is 4.02. The molecule has 2 heterocycles. The van der Waals surface area contributed by atoms with E-state index in [2.05, 4.69) is 15.6 Å². The number of aromatic nitrogens is 1. The van der Waals surface area contributed by atoms with Gasteiger partial charge in [0.2, 0.25) is 5.91 Å². The summed E-state index contributed by atoms with van der Waals surface area (Å²) in [5.74, 6) is 0.405. The number of pyridine rings is 1. The molecule has 1 amide bonds. The highest BCUT2D eigenvalue weighted by molar-refractivity contribution is 5.86. The Balaban J connectivity index is 2.24. The van der Waals surface area contributed by atoms with Crippen molar-refractivity contribution in [3.05, 3.63) is 18.3 Å². The molecule has 1 aliphatic heterocycles. The number of rotatable bonds is 1. The number of fused-ring (bicyclic) bond motifs is 1. The Morgan fingerprint density at radius 3 is 3.31 bits per heavy atom. The quantitative estimate of drug-likeness (QED) is 0.555. The number of nitrogens with zero attached hydrogens (tertiary/aromatic N) is 1. The second-order valence-corrected chi connectivity index (χ2v) is 2.88. The fourth-order valence-corrected chi connectivity index (χ4v) is 1.27. The van der Waals surface area contributed by atoms with Crippen LogP contribution in [0.1, 0.15) is 0 Å². The molecular formula is C8H10N4O. The Labute approximate surface area is 75.3 Å². The van der Waals surface area contributed by atoms with Crippen molar-refractivity contribution < 1.29 is 4.79 Å². The molecule has 0 saturated heterocycles. The van der Waals surface area contributed by atoms with Crippen LogP contribution >= 0.6 is 0 Å². The molecule has 0 spiro atoms. The number of amides is 1. The fraction of sp³-hybridized carbons (Fsp3) is 0.250. The average molecular weight is 178 g/mol. The first-order valence-electron chi connectivity index (χ1n) is 4.02. The van der Waals surface area contributed by atoms with E-state index in [0.717, 1.165) is 11.5 Å². The molecule has 1 aromatic heterocycles. The third-order valence-corrected chi connectivity index (χ3v) is 1.95. The van der Waals surface area contributed by atoms with Crippen molar-refractivity contribution in [2.24, 2.45) is 5.73 Å². The van der Waals surface area contributed by atoms with E-state index in [1.165, 1.54) is 0 Å². The van der Waals surface area contributed by atoms with Crippen molar-refractivity contribution in [3.63, 3.8) is 0 Å². The summed E-state index contributed by atoms with van der Waals surface area (Å²) in [6.07, 6.45) is 1.69. The van der Waals surface area contributed by atoms with Gasteiger partial charge in [-0.15, -0.1) is 0 Å². The van der Waals surface area contributed by atoms with Crippen LogP contribution in [-0.4, -0.2) is 23.5 Å². The van der Waals surface area contributed by atoms with Crippen molar-refractivity contribution in [3.8, 4) is 0 Å². The lowest BCUT2D eigenvalue weighted by Gasteiger charge is -2.24. The molecule has 0 aromatic carbocycles. The summed E-state index contributed by atoms with van der Waals surface area (Å²) in [7, 11) is 0. The van der Waals surface area contributed by atoms with Crippen LogP contribution in [0.2, 0.25) is 0 Å². The molecule has 1 atom stereocenters. The number of primary amides is 1. The molecule has 13 heavy (non-hydrogen) atoms. The predicted octanol–water partition coefficient (Wildman–Crippen LogP) is -0.227. The van der Waals surface area contributed by atoms with E-state index in [1.54, 1.807) is 12.3 Å². The van der Waals surface area contributed by atoms with Crippen LogP contribution < -0.4 is 16.4 Å². The zero-order chi connectivity index (χ0) is 9.26. The molecule has 1 aromatic rings. The second kappa shape index (κ2) is 2.93. The summed E-state index contributed by atoms with van der Waals surface area (Å²) in [6.45, 7) is 0.485. The number of nitrogens with two attached hydrogens (primary N) is 1. The van der Waals surface area contributed by atoms with Crippen molar-refractivity contribution in [2.75, 3.05) is 17.2 Å². The van der Waals surface area contributed by atoms with Gasteiger partial charge < -0.3 is 16.4 Å². The lowest BCUT2D eigenvalue weighted by atomic mass is 10.2. The lowest BCUT2D eigenvalue weighted by Crippen LogP contribution is -2.43. The fourth-order valence-electron chi connectivity index (χ4n) is 1.27.